The number of hydrogen-bond donors (Lipinski definition) is 5. The molecule has 5 atom stereocenters. The maximum atomic E-state index is 13.0. The van der Waals surface area contributed by atoms with Crippen LogP contribution in [0.15, 0.2) is 15.8 Å². The fourth-order valence-corrected chi connectivity index (χ4v) is 5.80. The number of hydrogen-bond acceptors (Lipinski definition) is 8. The number of aryl methyl sites for hydroxylation is 1. The van der Waals surface area contributed by atoms with Crippen molar-refractivity contribution in [2.24, 2.45) is 0 Å². The van der Waals surface area contributed by atoms with Crippen LogP contribution in [0.3, 0.4) is 0 Å². The van der Waals surface area contributed by atoms with Gasteiger partial charge in [-0.1, -0.05) is 27.7 Å². The summed E-state index contributed by atoms with van der Waals surface area (Å²) in [4.78, 5) is 36.6. The van der Waals surface area contributed by atoms with E-state index in [0.29, 0.717) is 0 Å². The van der Waals surface area contributed by atoms with Crippen molar-refractivity contribution >= 4 is 7.60 Å². The second-order valence-electron chi connectivity index (χ2n) is 8.42. The number of aromatic amines is 1. The van der Waals surface area contributed by atoms with Crippen molar-refractivity contribution in [3.63, 3.8) is 0 Å². The predicted molar refractivity (Wildman–Crippen MR) is 116 cm³/mol. The fraction of sp³-hybridized carbons (Fsp3) is 0.800. The molecule has 1 saturated heterocycles. The standard InChI is InChI=1S/C20H35N2O9P/c1-6-19(7-2,31-32(28,29)20(27,8-3)9-4)10-13-14(23)15(24)17(30-13)22-11-12(5)16(25)21-18(22)26/h11,13-15,17,23-24,27H,6-10H2,1-5H3,(H,28,29)(H,21,25,26)/t13-,14-,15-,17-/m1/s1. The zero-order valence-electron chi connectivity index (χ0n) is 19.1. The van der Waals surface area contributed by atoms with Crippen LogP contribution in [0.2, 0.25) is 0 Å². The van der Waals surface area contributed by atoms with Gasteiger partial charge in [-0.2, -0.15) is 0 Å². The average Bonchev–Trinajstić information content (AvgIpc) is 3.02. The van der Waals surface area contributed by atoms with E-state index in [2.05, 4.69) is 4.98 Å². The van der Waals surface area contributed by atoms with E-state index in [4.69, 9.17) is 9.26 Å². The highest BCUT2D eigenvalue weighted by atomic mass is 31.2. The van der Waals surface area contributed by atoms with Crippen LogP contribution < -0.4 is 11.2 Å². The topological polar surface area (TPSA) is 171 Å². The minimum atomic E-state index is -4.49. The molecule has 0 bridgehead atoms. The van der Waals surface area contributed by atoms with E-state index in [1.807, 2.05) is 0 Å². The number of rotatable bonds is 10. The molecule has 1 aromatic heterocycles. The Bertz CT molecular complexity index is 951. The summed E-state index contributed by atoms with van der Waals surface area (Å²) in [5, 5.41) is 29.8. The summed E-state index contributed by atoms with van der Waals surface area (Å²) in [6, 6.07) is 0. The number of aromatic nitrogens is 2. The van der Waals surface area contributed by atoms with Gasteiger partial charge in [0, 0.05) is 18.2 Å². The second kappa shape index (κ2) is 9.89. The number of nitrogens with zero attached hydrogens (tertiary/aromatic N) is 1. The average molecular weight is 478 g/mol. The van der Waals surface area contributed by atoms with Crippen LogP contribution in [0.25, 0.3) is 0 Å². The van der Waals surface area contributed by atoms with Gasteiger partial charge in [-0.25, -0.2) is 4.79 Å². The lowest BCUT2D eigenvalue weighted by Gasteiger charge is -2.40. The molecule has 1 fully saturated rings. The molecule has 32 heavy (non-hydrogen) atoms. The summed E-state index contributed by atoms with van der Waals surface area (Å²) < 4.78 is 25.5. The molecule has 0 spiro atoms. The van der Waals surface area contributed by atoms with Crippen molar-refractivity contribution < 1.29 is 34.0 Å². The Balaban J connectivity index is 2.34. The van der Waals surface area contributed by atoms with Gasteiger partial charge in [0.1, 0.15) is 12.2 Å². The van der Waals surface area contributed by atoms with Crippen LogP contribution in [0.5, 0.6) is 0 Å². The fourth-order valence-electron chi connectivity index (χ4n) is 3.97. The molecule has 1 aliphatic heterocycles. The van der Waals surface area contributed by atoms with E-state index in [-0.39, 0.29) is 37.7 Å². The third-order valence-electron chi connectivity index (χ3n) is 6.59. The van der Waals surface area contributed by atoms with E-state index in [1.54, 1.807) is 27.7 Å². The predicted octanol–water partition coefficient (Wildman–Crippen LogP) is 1.12. The Morgan fingerprint density at radius 1 is 1.12 bits per heavy atom. The van der Waals surface area contributed by atoms with E-state index in [0.717, 1.165) is 4.57 Å². The molecule has 0 aliphatic carbocycles. The van der Waals surface area contributed by atoms with Gasteiger partial charge < -0.3 is 24.9 Å². The third-order valence-corrected chi connectivity index (χ3v) is 8.91. The first kappa shape index (κ1) is 26.9. The molecule has 1 unspecified atom stereocenters. The molecular weight excluding hydrogens is 443 g/mol. The highest BCUT2D eigenvalue weighted by Gasteiger charge is 2.52. The maximum Gasteiger partial charge on any atom is 0.359 e. The molecule has 184 valence electrons. The highest BCUT2D eigenvalue weighted by Crippen LogP contribution is 2.61. The summed E-state index contributed by atoms with van der Waals surface area (Å²) in [5.41, 5.74) is -2.40. The van der Waals surface area contributed by atoms with Gasteiger partial charge in [0.25, 0.3) is 5.56 Å². The van der Waals surface area contributed by atoms with Crippen LogP contribution in [-0.2, 0) is 13.8 Å². The molecule has 1 aromatic rings. The number of ether oxygens (including phenoxy) is 1. The Morgan fingerprint density at radius 3 is 2.19 bits per heavy atom. The number of aliphatic hydroxyl groups is 3. The van der Waals surface area contributed by atoms with Crippen LogP contribution in [0.1, 0.15) is 71.6 Å². The van der Waals surface area contributed by atoms with Crippen molar-refractivity contribution in [1.82, 2.24) is 9.55 Å². The summed E-state index contributed by atoms with van der Waals surface area (Å²) in [5.74, 6) is 0. The zero-order chi connectivity index (χ0) is 24.5. The normalized spacial score (nSPS) is 26.3. The van der Waals surface area contributed by atoms with Crippen LogP contribution in [0.4, 0.5) is 0 Å². The molecule has 1 aliphatic rings. The minimum Gasteiger partial charge on any atom is -0.388 e. The van der Waals surface area contributed by atoms with Gasteiger partial charge >= 0.3 is 13.3 Å². The van der Waals surface area contributed by atoms with Crippen molar-refractivity contribution in [3.8, 4) is 0 Å². The van der Waals surface area contributed by atoms with Crippen molar-refractivity contribution in [2.75, 3.05) is 0 Å². The maximum absolute atomic E-state index is 13.0. The van der Waals surface area contributed by atoms with Gasteiger partial charge in [0.05, 0.1) is 11.7 Å². The summed E-state index contributed by atoms with van der Waals surface area (Å²) >= 11 is 0. The van der Waals surface area contributed by atoms with E-state index in [1.165, 1.54) is 13.1 Å². The Kier molecular flexibility index (Phi) is 8.32. The lowest BCUT2D eigenvalue weighted by molar-refractivity contribution is -0.0782. The van der Waals surface area contributed by atoms with E-state index >= 15 is 0 Å². The molecule has 0 saturated carbocycles. The monoisotopic (exact) mass is 478 g/mol. The summed E-state index contributed by atoms with van der Waals surface area (Å²) in [6.07, 6.45) is -3.49. The van der Waals surface area contributed by atoms with Gasteiger partial charge in [0.2, 0.25) is 0 Å². The first-order chi connectivity index (χ1) is 14.8. The third kappa shape index (κ3) is 4.94. The molecule has 2 heterocycles. The molecule has 2 rings (SSSR count). The first-order valence-corrected chi connectivity index (χ1v) is 12.5. The molecular formula is C20H35N2O9P. The lowest BCUT2D eigenvalue weighted by Crippen LogP contribution is -2.42. The van der Waals surface area contributed by atoms with Crippen molar-refractivity contribution in [2.45, 2.75) is 102 Å². The molecule has 5 N–H and O–H groups in total. The number of aliphatic hydroxyl groups excluding tert-OH is 2. The van der Waals surface area contributed by atoms with Crippen LogP contribution in [0, 0.1) is 6.92 Å². The number of nitrogens with one attached hydrogen (secondary N) is 1. The largest absolute Gasteiger partial charge is 0.388 e. The quantitative estimate of drug-likeness (QED) is 0.309. The van der Waals surface area contributed by atoms with Gasteiger partial charge in [0.15, 0.2) is 11.6 Å². The molecule has 11 nitrogen and oxygen atoms in total. The Hall–Kier alpha value is -1.33. The van der Waals surface area contributed by atoms with Gasteiger partial charge in [-0.15, -0.1) is 0 Å². The zero-order valence-corrected chi connectivity index (χ0v) is 20.0. The van der Waals surface area contributed by atoms with Gasteiger partial charge in [-0.05, 0) is 32.6 Å². The molecule has 0 radical (unpaired) electrons. The lowest BCUT2D eigenvalue weighted by atomic mass is 9.88. The molecule has 0 amide bonds. The Labute approximate surface area is 186 Å². The molecule has 0 aromatic carbocycles. The molecule has 12 heteroatoms. The second-order valence-corrected chi connectivity index (χ2v) is 10.5. The van der Waals surface area contributed by atoms with Crippen molar-refractivity contribution in [3.05, 3.63) is 32.6 Å². The van der Waals surface area contributed by atoms with Crippen LogP contribution in [-0.4, -0.2) is 59.0 Å². The van der Waals surface area contributed by atoms with Crippen molar-refractivity contribution in [1.29, 1.82) is 0 Å². The van der Waals surface area contributed by atoms with Gasteiger partial charge in [-0.3, -0.25) is 23.4 Å². The minimum absolute atomic E-state index is 0.0125. The SMILES string of the molecule is CCC(CC)(C[C@H]1O[C@@H](n2cc(C)c(=O)[nH]c2=O)[C@H](O)[C@@H]1O)OP(=O)(O)C(O)(CC)CC. The van der Waals surface area contributed by atoms with Crippen LogP contribution >= 0.6 is 7.60 Å². The number of H-pyrrole nitrogens is 1. The van der Waals surface area contributed by atoms with E-state index in [9.17, 15) is 34.4 Å². The Morgan fingerprint density at radius 2 is 1.69 bits per heavy atom. The summed E-state index contributed by atoms with van der Waals surface area (Å²) in [7, 11) is -4.49. The summed E-state index contributed by atoms with van der Waals surface area (Å²) in [6.45, 7) is 8.14. The first-order valence-electron chi connectivity index (χ1n) is 10.9. The smallest absolute Gasteiger partial charge is 0.359 e. The van der Waals surface area contributed by atoms with E-state index < -0.39 is 54.3 Å². The highest BCUT2D eigenvalue weighted by molar-refractivity contribution is 7.54.